The van der Waals surface area contributed by atoms with Gasteiger partial charge in [-0.3, -0.25) is 10.1 Å². The number of halogens is 1. The van der Waals surface area contributed by atoms with E-state index in [1.165, 1.54) is 12.1 Å². The lowest BCUT2D eigenvalue weighted by Crippen LogP contribution is -2.41. The number of non-ortho nitro benzene ring substituents is 1. The zero-order valence-electron chi connectivity index (χ0n) is 11.5. The summed E-state index contributed by atoms with van der Waals surface area (Å²) in [5.74, 6) is 0.392. The molecule has 108 valence electrons. The number of nitrogens with zero attached hydrogens (tertiary/aromatic N) is 2. The van der Waals surface area contributed by atoms with Crippen LogP contribution in [-0.4, -0.2) is 23.6 Å². The number of hydrogen-bond donors (Lipinski definition) is 1. The van der Waals surface area contributed by atoms with Crippen molar-refractivity contribution in [2.75, 3.05) is 7.05 Å². The van der Waals surface area contributed by atoms with E-state index in [2.05, 4.69) is 27.3 Å². The highest BCUT2D eigenvalue weighted by atomic mass is 79.9. The highest BCUT2D eigenvalue weighted by Crippen LogP contribution is 2.31. The maximum absolute atomic E-state index is 10.8. The Kier molecular flexibility index (Phi) is 5.48. The van der Waals surface area contributed by atoms with E-state index in [0.717, 1.165) is 0 Å². The first-order valence-electron chi connectivity index (χ1n) is 6.02. The SMILES string of the molecule is CNC(C)(C#N)CC(C)Oc1cc([N+](=O)[O-])ccc1Br. The summed E-state index contributed by atoms with van der Waals surface area (Å²) in [6.45, 7) is 3.59. The zero-order valence-corrected chi connectivity index (χ0v) is 13.1. The molecule has 0 aliphatic heterocycles. The molecule has 1 aromatic rings. The molecule has 0 aliphatic rings. The van der Waals surface area contributed by atoms with Gasteiger partial charge in [-0.1, -0.05) is 0 Å². The number of nitro benzene ring substituents is 1. The van der Waals surface area contributed by atoms with E-state index in [1.807, 2.05) is 6.92 Å². The quantitative estimate of drug-likeness (QED) is 0.634. The van der Waals surface area contributed by atoms with E-state index >= 15 is 0 Å². The molecule has 0 spiro atoms. The third-order valence-electron chi connectivity index (χ3n) is 2.95. The molecule has 0 heterocycles. The Hall–Kier alpha value is -1.65. The first-order chi connectivity index (χ1) is 9.31. The monoisotopic (exact) mass is 341 g/mol. The average molecular weight is 342 g/mol. The number of rotatable bonds is 6. The van der Waals surface area contributed by atoms with Crippen molar-refractivity contribution in [1.82, 2.24) is 5.32 Å². The fourth-order valence-corrected chi connectivity index (χ4v) is 2.07. The van der Waals surface area contributed by atoms with Gasteiger partial charge >= 0.3 is 0 Å². The molecule has 0 bridgehead atoms. The van der Waals surface area contributed by atoms with Crippen molar-refractivity contribution in [3.05, 3.63) is 32.8 Å². The summed E-state index contributed by atoms with van der Waals surface area (Å²) in [5.41, 5.74) is -0.737. The van der Waals surface area contributed by atoms with Crippen LogP contribution < -0.4 is 10.1 Å². The minimum atomic E-state index is -0.702. The van der Waals surface area contributed by atoms with Crippen molar-refractivity contribution in [1.29, 1.82) is 5.26 Å². The first-order valence-corrected chi connectivity index (χ1v) is 6.81. The summed E-state index contributed by atoms with van der Waals surface area (Å²) in [4.78, 5) is 10.3. The van der Waals surface area contributed by atoms with Gasteiger partial charge in [0.15, 0.2) is 0 Å². The number of hydrogen-bond acceptors (Lipinski definition) is 5. The summed E-state index contributed by atoms with van der Waals surface area (Å²) in [6.07, 6.45) is 0.181. The second-order valence-corrected chi connectivity index (χ2v) is 5.55. The molecule has 0 aliphatic carbocycles. The minimum absolute atomic E-state index is 0.0351. The van der Waals surface area contributed by atoms with Crippen LogP contribution in [0.4, 0.5) is 5.69 Å². The summed E-state index contributed by atoms with van der Waals surface area (Å²) >= 11 is 3.29. The molecule has 0 saturated heterocycles. The van der Waals surface area contributed by atoms with Crippen LogP contribution in [0.2, 0.25) is 0 Å². The fraction of sp³-hybridized carbons (Fsp3) is 0.462. The van der Waals surface area contributed by atoms with E-state index in [1.54, 1.807) is 20.0 Å². The molecule has 1 aromatic carbocycles. The molecule has 0 saturated carbocycles. The highest BCUT2D eigenvalue weighted by Gasteiger charge is 2.25. The van der Waals surface area contributed by atoms with Gasteiger partial charge in [-0.15, -0.1) is 0 Å². The lowest BCUT2D eigenvalue weighted by Gasteiger charge is -2.25. The topological polar surface area (TPSA) is 88.2 Å². The molecule has 0 amide bonds. The standard InChI is InChI=1S/C13H16BrN3O3/c1-9(7-13(2,8-15)16-3)20-12-6-10(17(18)19)4-5-11(12)14/h4-6,9,16H,7H2,1-3H3. The Morgan fingerprint density at radius 2 is 2.30 bits per heavy atom. The number of benzene rings is 1. The lowest BCUT2D eigenvalue weighted by molar-refractivity contribution is -0.385. The zero-order chi connectivity index (χ0) is 15.3. The van der Waals surface area contributed by atoms with Crippen molar-refractivity contribution in [3.63, 3.8) is 0 Å². The average Bonchev–Trinajstić information content (AvgIpc) is 2.40. The van der Waals surface area contributed by atoms with E-state index < -0.39 is 10.5 Å². The molecule has 6 nitrogen and oxygen atoms in total. The van der Waals surface area contributed by atoms with Crippen LogP contribution in [0.1, 0.15) is 20.3 Å². The molecular formula is C13H16BrN3O3. The molecule has 20 heavy (non-hydrogen) atoms. The Labute approximate surface area is 126 Å². The lowest BCUT2D eigenvalue weighted by atomic mass is 9.97. The number of nitro groups is 1. The van der Waals surface area contributed by atoms with Crippen molar-refractivity contribution >= 4 is 21.6 Å². The molecule has 7 heteroatoms. The van der Waals surface area contributed by atoms with Gasteiger partial charge in [0.1, 0.15) is 11.3 Å². The fourth-order valence-electron chi connectivity index (χ4n) is 1.73. The third-order valence-corrected chi connectivity index (χ3v) is 3.60. The highest BCUT2D eigenvalue weighted by molar-refractivity contribution is 9.10. The maximum atomic E-state index is 10.8. The molecule has 2 atom stereocenters. The summed E-state index contributed by atoms with van der Waals surface area (Å²) in [6, 6.07) is 6.51. The van der Waals surface area contributed by atoms with Crippen LogP contribution in [0.5, 0.6) is 5.75 Å². The van der Waals surface area contributed by atoms with Gasteiger partial charge in [0.05, 0.1) is 27.6 Å². The second-order valence-electron chi connectivity index (χ2n) is 4.70. The van der Waals surface area contributed by atoms with Crippen LogP contribution in [-0.2, 0) is 0 Å². The molecule has 2 unspecified atom stereocenters. The summed E-state index contributed by atoms with van der Waals surface area (Å²) in [5, 5.41) is 22.8. The Morgan fingerprint density at radius 1 is 1.65 bits per heavy atom. The molecule has 0 fully saturated rings. The number of nitrogens with one attached hydrogen (secondary N) is 1. The van der Waals surface area contributed by atoms with Crippen molar-refractivity contribution < 1.29 is 9.66 Å². The Morgan fingerprint density at radius 3 is 2.80 bits per heavy atom. The second kappa shape index (κ2) is 6.68. The molecule has 1 rings (SSSR count). The van der Waals surface area contributed by atoms with Gasteiger partial charge < -0.3 is 10.1 Å². The molecule has 0 aromatic heterocycles. The molecule has 1 N–H and O–H groups in total. The van der Waals surface area contributed by atoms with Gasteiger partial charge in [0.2, 0.25) is 0 Å². The van der Waals surface area contributed by atoms with Gasteiger partial charge in [-0.2, -0.15) is 5.26 Å². The van der Waals surface area contributed by atoms with Crippen molar-refractivity contribution in [2.24, 2.45) is 0 Å². The van der Waals surface area contributed by atoms with Crippen LogP contribution in [0.3, 0.4) is 0 Å². The largest absolute Gasteiger partial charge is 0.489 e. The van der Waals surface area contributed by atoms with E-state index in [4.69, 9.17) is 10.00 Å². The molecule has 0 radical (unpaired) electrons. The van der Waals surface area contributed by atoms with Gasteiger partial charge in [-0.25, -0.2) is 0 Å². The summed E-state index contributed by atoms with van der Waals surface area (Å²) < 4.78 is 6.33. The van der Waals surface area contributed by atoms with E-state index in [9.17, 15) is 10.1 Å². The van der Waals surface area contributed by atoms with Gasteiger partial charge in [0.25, 0.3) is 5.69 Å². The van der Waals surface area contributed by atoms with Crippen LogP contribution >= 0.6 is 15.9 Å². The minimum Gasteiger partial charge on any atom is -0.489 e. The van der Waals surface area contributed by atoms with Crippen molar-refractivity contribution in [2.45, 2.75) is 31.9 Å². The van der Waals surface area contributed by atoms with Crippen LogP contribution in [0.25, 0.3) is 0 Å². The van der Waals surface area contributed by atoms with Gasteiger partial charge in [-0.05, 0) is 42.9 Å². The summed E-state index contributed by atoms with van der Waals surface area (Å²) in [7, 11) is 1.71. The van der Waals surface area contributed by atoms with E-state index in [-0.39, 0.29) is 11.8 Å². The third kappa shape index (κ3) is 4.18. The number of ether oxygens (including phenoxy) is 1. The smallest absolute Gasteiger partial charge is 0.273 e. The predicted molar refractivity (Wildman–Crippen MR) is 78.6 cm³/mol. The van der Waals surface area contributed by atoms with E-state index in [0.29, 0.717) is 16.6 Å². The maximum Gasteiger partial charge on any atom is 0.273 e. The number of nitriles is 1. The Balaban J connectivity index is 2.85. The van der Waals surface area contributed by atoms with Crippen LogP contribution in [0, 0.1) is 21.4 Å². The molecular weight excluding hydrogens is 326 g/mol. The van der Waals surface area contributed by atoms with Crippen LogP contribution in [0.15, 0.2) is 22.7 Å². The Bertz CT molecular complexity index is 544. The normalized spacial score (nSPS) is 14.9. The van der Waals surface area contributed by atoms with Gasteiger partial charge in [0, 0.05) is 12.5 Å². The first kappa shape index (κ1) is 16.4. The predicted octanol–water partition coefficient (Wildman–Crippen LogP) is 3.02. The van der Waals surface area contributed by atoms with Crippen molar-refractivity contribution in [3.8, 4) is 11.8 Å².